The summed E-state index contributed by atoms with van der Waals surface area (Å²) in [7, 11) is 0. The van der Waals surface area contributed by atoms with Crippen molar-refractivity contribution in [2.75, 3.05) is 6.26 Å². The van der Waals surface area contributed by atoms with Gasteiger partial charge in [0, 0.05) is 29.4 Å². The first-order valence-corrected chi connectivity index (χ1v) is 9.16. The third-order valence-corrected chi connectivity index (χ3v) is 4.54. The Bertz CT molecular complexity index is 760. The van der Waals surface area contributed by atoms with E-state index in [0.29, 0.717) is 11.6 Å². The van der Waals surface area contributed by atoms with Crippen molar-refractivity contribution in [3.63, 3.8) is 0 Å². The van der Waals surface area contributed by atoms with Gasteiger partial charge in [0.15, 0.2) is 5.16 Å². The van der Waals surface area contributed by atoms with Crippen LogP contribution in [0.2, 0.25) is 0 Å². The van der Waals surface area contributed by atoms with Gasteiger partial charge < -0.3 is 5.32 Å². The van der Waals surface area contributed by atoms with Gasteiger partial charge in [-0.3, -0.25) is 4.79 Å². The van der Waals surface area contributed by atoms with Gasteiger partial charge in [0.05, 0.1) is 6.04 Å². The van der Waals surface area contributed by atoms with Crippen molar-refractivity contribution in [2.45, 2.75) is 44.8 Å². The molecular formula is C18H21F2N3OS. The van der Waals surface area contributed by atoms with E-state index in [-0.39, 0.29) is 17.9 Å². The fourth-order valence-electron chi connectivity index (χ4n) is 2.64. The molecular weight excluding hydrogens is 344 g/mol. The van der Waals surface area contributed by atoms with E-state index in [1.807, 2.05) is 20.1 Å². The molecule has 4 nitrogen and oxygen atoms in total. The molecule has 1 heterocycles. The highest BCUT2D eigenvalue weighted by Crippen LogP contribution is 2.19. The number of nitrogens with one attached hydrogen (secondary N) is 1. The maximum Gasteiger partial charge on any atom is 0.220 e. The molecule has 1 amide bonds. The Morgan fingerprint density at radius 2 is 1.88 bits per heavy atom. The minimum Gasteiger partial charge on any atom is -0.349 e. The number of carbonyl (C=O) groups excluding carboxylic acids is 1. The lowest BCUT2D eigenvalue weighted by Crippen LogP contribution is -2.27. The van der Waals surface area contributed by atoms with Crippen molar-refractivity contribution in [3.8, 4) is 0 Å². The van der Waals surface area contributed by atoms with Gasteiger partial charge in [-0.25, -0.2) is 18.7 Å². The van der Waals surface area contributed by atoms with Crippen molar-refractivity contribution in [1.82, 2.24) is 15.3 Å². The van der Waals surface area contributed by atoms with Crippen molar-refractivity contribution in [3.05, 3.63) is 52.3 Å². The first-order chi connectivity index (χ1) is 11.8. The number of hydrogen-bond donors (Lipinski definition) is 1. The van der Waals surface area contributed by atoms with Crippen LogP contribution in [0.15, 0.2) is 23.4 Å². The number of rotatable bonds is 6. The summed E-state index contributed by atoms with van der Waals surface area (Å²) in [6.45, 7) is 5.47. The predicted molar refractivity (Wildman–Crippen MR) is 94.5 cm³/mol. The zero-order valence-electron chi connectivity index (χ0n) is 14.7. The topological polar surface area (TPSA) is 54.9 Å². The van der Waals surface area contributed by atoms with E-state index in [2.05, 4.69) is 15.3 Å². The average molecular weight is 365 g/mol. The van der Waals surface area contributed by atoms with Crippen molar-refractivity contribution >= 4 is 17.7 Å². The smallest absolute Gasteiger partial charge is 0.220 e. The lowest BCUT2D eigenvalue weighted by molar-refractivity contribution is -0.121. The fourth-order valence-corrected chi connectivity index (χ4v) is 3.10. The van der Waals surface area contributed by atoms with Gasteiger partial charge in [0.1, 0.15) is 11.6 Å². The Kier molecular flexibility index (Phi) is 6.47. The summed E-state index contributed by atoms with van der Waals surface area (Å²) in [6, 6.07) is 2.80. The average Bonchev–Trinajstić information content (AvgIpc) is 2.53. The van der Waals surface area contributed by atoms with E-state index in [0.717, 1.165) is 23.0 Å². The third-order valence-electron chi connectivity index (χ3n) is 3.99. The Hall–Kier alpha value is -2.02. The standard InChI is InChI=1S/C18H21F2N3OS/c1-10-14(11(2)23-18(22-10)25-4)7-8-17(24)21-12(3)15-6-5-13(19)9-16(15)20/h5-6,9,12H,7-8H2,1-4H3,(H,21,24). The first-order valence-electron chi connectivity index (χ1n) is 7.94. The summed E-state index contributed by atoms with van der Waals surface area (Å²) in [5, 5.41) is 3.45. The molecule has 7 heteroatoms. The molecule has 25 heavy (non-hydrogen) atoms. The van der Waals surface area contributed by atoms with Gasteiger partial charge in [-0.2, -0.15) is 0 Å². The molecule has 0 saturated heterocycles. The Morgan fingerprint density at radius 3 is 2.44 bits per heavy atom. The first kappa shape index (κ1) is 19.3. The van der Waals surface area contributed by atoms with Crippen molar-refractivity contribution in [2.24, 2.45) is 0 Å². The number of carbonyl (C=O) groups is 1. The second-order valence-corrected chi connectivity index (χ2v) is 6.59. The van der Waals surface area contributed by atoms with Crippen LogP contribution in [0.25, 0.3) is 0 Å². The number of nitrogens with zero attached hydrogens (tertiary/aromatic N) is 2. The van der Waals surface area contributed by atoms with Gasteiger partial charge in [-0.1, -0.05) is 17.8 Å². The monoisotopic (exact) mass is 365 g/mol. The number of aryl methyl sites for hydroxylation is 2. The van der Waals surface area contributed by atoms with Gasteiger partial charge in [0.2, 0.25) is 5.91 Å². The molecule has 0 bridgehead atoms. The predicted octanol–water partition coefficient (Wildman–Crippen LogP) is 3.90. The zero-order chi connectivity index (χ0) is 18.6. The fraction of sp³-hybridized carbons (Fsp3) is 0.389. The molecule has 1 aromatic heterocycles. The highest BCUT2D eigenvalue weighted by atomic mass is 32.2. The van der Waals surface area contributed by atoms with E-state index in [1.165, 1.54) is 23.9 Å². The van der Waals surface area contributed by atoms with Crippen LogP contribution < -0.4 is 5.32 Å². The van der Waals surface area contributed by atoms with Crippen LogP contribution in [0.5, 0.6) is 0 Å². The summed E-state index contributed by atoms with van der Waals surface area (Å²) >= 11 is 1.47. The molecule has 0 saturated carbocycles. The second-order valence-electron chi connectivity index (χ2n) is 5.81. The van der Waals surface area contributed by atoms with Crippen molar-refractivity contribution < 1.29 is 13.6 Å². The van der Waals surface area contributed by atoms with Crippen LogP contribution in [0.1, 0.15) is 41.9 Å². The molecule has 134 valence electrons. The SMILES string of the molecule is CSc1nc(C)c(CCC(=O)NC(C)c2ccc(F)cc2F)c(C)n1. The van der Waals surface area contributed by atoms with Crippen LogP contribution in [-0.4, -0.2) is 22.1 Å². The van der Waals surface area contributed by atoms with E-state index in [4.69, 9.17) is 0 Å². The maximum atomic E-state index is 13.8. The Labute approximate surface area is 150 Å². The minimum absolute atomic E-state index is 0.205. The molecule has 1 N–H and O–H groups in total. The summed E-state index contributed by atoms with van der Waals surface area (Å²) in [4.78, 5) is 21.0. The number of amides is 1. The highest BCUT2D eigenvalue weighted by Gasteiger charge is 2.15. The number of hydrogen-bond acceptors (Lipinski definition) is 4. The van der Waals surface area contributed by atoms with Gasteiger partial charge in [-0.15, -0.1) is 0 Å². The van der Waals surface area contributed by atoms with E-state index in [9.17, 15) is 13.6 Å². The molecule has 0 aliphatic rings. The van der Waals surface area contributed by atoms with Gasteiger partial charge >= 0.3 is 0 Å². The van der Waals surface area contributed by atoms with Crippen LogP contribution >= 0.6 is 11.8 Å². The van der Waals surface area contributed by atoms with Crippen LogP contribution in [-0.2, 0) is 11.2 Å². The van der Waals surface area contributed by atoms with Crippen LogP contribution in [0.4, 0.5) is 8.78 Å². The zero-order valence-corrected chi connectivity index (χ0v) is 15.5. The summed E-state index contributed by atoms with van der Waals surface area (Å²) in [6.07, 6.45) is 2.67. The summed E-state index contributed by atoms with van der Waals surface area (Å²) in [5.41, 5.74) is 2.94. The second kappa shape index (κ2) is 8.38. The highest BCUT2D eigenvalue weighted by molar-refractivity contribution is 7.98. The molecule has 0 radical (unpaired) electrons. The summed E-state index contributed by atoms with van der Waals surface area (Å²) < 4.78 is 26.7. The third kappa shape index (κ3) is 4.98. The summed E-state index contributed by atoms with van der Waals surface area (Å²) in [5.74, 6) is -1.51. The number of aromatic nitrogens is 2. The molecule has 0 spiro atoms. The molecule has 0 fully saturated rings. The number of thioether (sulfide) groups is 1. The van der Waals surface area contributed by atoms with E-state index < -0.39 is 17.7 Å². The Balaban J connectivity index is 1.99. The Morgan fingerprint density at radius 1 is 1.24 bits per heavy atom. The quantitative estimate of drug-likeness (QED) is 0.623. The van der Waals surface area contributed by atoms with Crippen molar-refractivity contribution in [1.29, 1.82) is 0 Å². The molecule has 2 rings (SSSR count). The normalized spacial score (nSPS) is 12.1. The van der Waals surface area contributed by atoms with E-state index in [1.54, 1.807) is 6.92 Å². The van der Waals surface area contributed by atoms with Gasteiger partial charge in [0.25, 0.3) is 0 Å². The lowest BCUT2D eigenvalue weighted by atomic mass is 10.0. The van der Waals surface area contributed by atoms with Gasteiger partial charge in [-0.05, 0) is 45.1 Å². The molecule has 1 unspecified atom stereocenters. The molecule has 1 aromatic carbocycles. The molecule has 0 aliphatic carbocycles. The van der Waals surface area contributed by atoms with E-state index >= 15 is 0 Å². The number of benzene rings is 1. The van der Waals surface area contributed by atoms with Crippen LogP contribution in [0.3, 0.4) is 0 Å². The lowest BCUT2D eigenvalue weighted by Gasteiger charge is -2.16. The molecule has 2 aromatic rings. The minimum atomic E-state index is -0.666. The maximum absolute atomic E-state index is 13.8. The largest absolute Gasteiger partial charge is 0.349 e. The molecule has 0 aliphatic heterocycles. The van der Waals surface area contributed by atoms with Crippen LogP contribution in [0, 0.1) is 25.5 Å². The molecule has 1 atom stereocenters. The number of halogens is 2.